The van der Waals surface area contributed by atoms with Gasteiger partial charge in [0.1, 0.15) is 11.5 Å². The molecule has 2 N–H and O–H groups in total. The molecule has 1 aromatic heterocycles. The van der Waals surface area contributed by atoms with Crippen molar-refractivity contribution in [3.05, 3.63) is 46.7 Å². The number of methoxy groups -OCH3 is 3. The molecule has 0 spiro atoms. The van der Waals surface area contributed by atoms with Gasteiger partial charge < -0.3 is 24.8 Å². The standard InChI is InChI=1S/C18H20ClN3O5/c1-25-5-4-21-17(23)11-6-12(10-20-9-11)18(24)22-14-8-15(26-2)13(19)7-16(14)27-3/h6-10H,4-5H2,1-3H3,(H,21,23)(H,22,24). The van der Waals surface area contributed by atoms with Gasteiger partial charge >= 0.3 is 0 Å². The summed E-state index contributed by atoms with van der Waals surface area (Å²) in [5.41, 5.74) is 0.850. The number of pyridine rings is 1. The molecule has 0 bridgehead atoms. The molecule has 2 aromatic rings. The number of amides is 2. The fraction of sp³-hybridized carbons (Fsp3) is 0.278. The molecule has 9 heteroatoms. The van der Waals surface area contributed by atoms with E-state index in [1.54, 1.807) is 13.2 Å². The largest absolute Gasteiger partial charge is 0.495 e. The maximum Gasteiger partial charge on any atom is 0.257 e. The van der Waals surface area contributed by atoms with Crippen molar-refractivity contribution < 1.29 is 23.8 Å². The number of anilines is 1. The van der Waals surface area contributed by atoms with Crippen molar-refractivity contribution in [2.24, 2.45) is 0 Å². The van der Waals surface area contributed by atoms with Gasteiger partial charge in [-0.3, -0.25) is 14.6 Å². The average Bonchev–Trinajstić information content (AvgIpc) is 2.69. The molecule has 2 rings (SSSR count). The van der Waals surface area contributed by atoms with Gasteiger partial charge in [0.15, 0.2) is 0 Å². The lowest BCUT2D eigenvalue weighted by atomic mass is 10.1. The molecular formula is C18H20ClN3O5. The smallest absolute Gasteiger partial charge is 0.257 e. The zero-order valence-corrected chi connectivity index (χ0v) is 15.9. The Morgan fingerprint density at radius 1 is 1.00 bits per heavy atom. The summed E-state index contributed by atoms with van der Waals surface area (Å²) in [7, 11) is 4.47. The van der Waals surface area contributed by atoms with Crippen LogP contribution in [0.1, 0.15) is 20.7 Å². The Morgan fingerprint density at radius 2 is 1.67 bits per heavy atom. The van der Waals surface area contributed by atoms with E-state index < -0.39 is 5.91 Å². The summed E-state index contributed by atoms with van der Waals surface area (Å²) < 4.78 is 15.3. The van der Waals surface area contributed by atoms with E-state index in [2.05, 4.69) is 15.6 Å². The first-order chi connectivity index (χ1) is 13.0. The lowest BCUT2D eigenvalue weighted by Gasteiger charge is -2.13. The normalized spacial score (nSPS) is 10.2. The first kappa shape index (κ1) is 20.5. The number of hydrogen-bond donors (Lipinski definition) is 2. The molecule has 0 aliphatic rings. The van der Waals surface area contributed by atoms with Crippen LogP contribution < -0.4 is 20.1 Å². The van der Waals surface area contributed by atoms with Crippen molar-refractivity contribution in [1.29, 1.82) is 0 Å². The zero-order chi connectivity index (χ0) is 19.8. The van der Waals surface area contributed by atoms with Crippen molar-refractivity contribution >= 4 is 29.1 Å². The SMILES string of the molecule is COCCNC(=O)c1cncc(C(=O)Nc2cc(OC)c(Cl)cc2OC)c1. The molecule has 0 unspecified atom stereocenters. The van der Waals surface area contributed by atoms with E-state index in [4.69, 9.17) is 25.8 Å². The van der Waals surface area contributed by atoms with Crippen molar-refractivity contribution in [2.45, 2.75) is 0 Å². The fourth-order valence-corrected chi connectivity index (χ4v) is 2.44. The van der Waals surface area contributed by atoms with E-state index in [1.807, 2.05) is 0 Å². The van der Waals surface area contributed by atoms with Gasteiger partial charge in [0, 0.05) is 38.2 Å². The third kappa shape index (κ3) is 5.32. The minimum absolute atomic E-state index is 0.213. The number of hydrogen-bond acceptors (Lipinski definition) is 6. The molecule has 2 amide bonds. The topological polar surface area (TPSA) is 98.8 Å². The van der Waals surface area contributed by atoms with Gasteiger partial charge in [-0.1, -0.05) is 11.6 Å². The van der Waals surface area contributed by atoms with Gasteiger partial charge in [-0.25, -0.2) is 0 Å². The summed E-state index contributed by atoms with van der Waals surface area (Å²) in [4.78, 5) is 28.6. The van der Waals surface area contributed by atoms with Crippen molar-refractivity contribution in [3.63, 3.8) is 0 Å². The van der Waals surface area contributed by atoms with E-state index in [-0.39, 0.29) is 17.0 Å². The van der Waals surface area contributed by atoms with Crippen LogP contribution in [0.15, 0.2) is 30.6 Å². The molecule has 0 saturated carbocycles. The lowest BCUT2D eigenvalue weighted by Crippen LogP contribution is -2.27. The molecular weight excluding hydrogens is 374 g/mol. The van der Waals surface area contributed by atoms with Crippen LogP contribution in [0.5, 0.6) is 11.5 Å². The Morgan fingerprint density at radius 3 is 2.30 bits per heavy atom. The van der Waals surface area contributed by atoms with Crippen LogP contribution >= 0.6 is 11.6 Å². The average molecular weight is 394 g/mol. The third-order valence-corrected chi connectivity index (χ3v) is 3.87. The van der Waals surface area contributed by atoms with Crippen LogP contribution in [0, 0.1) is 0 Å². The van der Waals surface area contributed by atoms with Crippen LogP contribution in [0.3, 0.4) is 0 Å². The highest BCUT2D eigenvalue weighted by Gasteiger charge is 2.15. The number of halogens is 1. The number of nitrogens with zero attached hydrogens (tertiary/aromatic N) is 1. The monoisotopic (exact) mass is 393 g/mol. The Balaban J connectivity index is 2.19. The summed E-state index contributed by atoms with van der Waals surface area (Å²) in [5, 5.41) is 5.72. The third-order valence-electron chi connectivity index (χ3n) is 3.58. The molecule has 1 heterocycles. The van der Waals surface area contributed by atoms with Crippen molar-refractivity contribution in [3.8, 4) is 11.5 Å². The number of rotatable bonds is 8. The maximum atomic E-state index is 12.6. The minimum Gasteiger partial charge on any atom is -0.495 e. The van der Waals surface area contributed by atoms with Gasteiger partial charge in [0.25, 0.3) is 11.8 Å². The predicted octanol–water partition coefficient (Wildman–Crippen LogP) is 2.38. The molecule has 0 saturated heterocycles. The lowest BCUT2D eigenvalue weighted by molar-refractivity contribution is 0.0936. The highest BCUT2D eigenvalue weighted by molar-refractivity contribution is 6.32. The van der Waals surface area contributed by atoms with Crippen LogP contribution in [0.4, 0.5) is 5.69 Å². The Bertz CT molecular complexity index is 829. The van der Waals surface area contributed by atoms with Crippen LogP contribution in [-0.4, -0.2) is 51.3 Å². The number of benzene rings is 1. The second kappa shape index (κ2) is 9.75. The summed E-state index contributed by atoms with van der Waals surface area (Å²) in [6, 6.07) is 4.53. The molecule has 0 radical (unpaired) electrons. The summed E-state index contributed by atoms with van der Waals surface area (Å²) in [6.45, 7) is 0.741. The molecule has 0 aliphatic heterocycles. The van der Waals surface area contributed by atoms with Gasteiger partial charge in [-0.05, 0) is 6.07 Å². The number of aromatic nitrogens is 1. The zero-order valence-electron chi connectivity index (χ0n) is 15.2. The minimum atomic E-state index is -0.461. The van der Waals surface area contributed by atoms with Crippen LogP contribution in [-0.2, 0) is 4.74 Å². The van der Waals surface area contributed by atoms with Gasteiger partial charge in [0.2, 0.25) is 0 Å². The molecule has 0 aliphatic carbocycles. The van der Waals surface area contributed by atoms with E-state index >= 15 is 0 Å². The van der Waals surface area contributed by atoms with Crippen LogP contribution in [0.25, 0.3) is 0 Å². The van der Waals surface area contributed by atoms with Gasteiger partial charge in [-0.2, -0.15) is 0 Å². The fourth-order valence-electron chi connectivity index (χ4n) is 2.21. The second-order valence-corrected chi connectivity index (χ2v) is 5.76. The number of nitrogens with one attached hydrogen (secondary N) is 2. The molecule has 1 aromatic carbocycles. The maximum absolute atomic E-state index is 12.6. The Kier molecular flexibility index (Phi) is 7.39. The van der Waals surface area contributed by atoms with E-state index in [1.165, 1.54) is 38.7 Å². The van der Waals surface area contributed by atoms with E-state index in [0.717, 1.165) is 0 Å². The van der Waals surface area contributed by atoms with Crippen molar-refractivity contribution in [1.82, 2.24) is 10.3 Å². The first-order valence-electron chi connectivity index (χ1n) is 7.95. The Hall–Kier alpha value is -2.84. The molecule has 8 nitrogen and oxygen atoms in total. The van der Waals surface area contributed by atoms with E-state index in [9.17, 15) is 9.59 Å². The highest BCUT2D eigenvalue weighted by Crippen LogP contribution is 2.36. The number of ether oxygens (including phenoxy) is 3. The Labute approximate surface area is 161 Å². The first-order valence-corrected chi connectivity index (χ1v) is 8.33. The molecule has 0 fully saturated rings. The van der Waals surface area contributed by atoms with E-state index in [0.29, 0.717) is 35.4 Å². The second-order valence-electron chi connectivity index (χ2n) is 5.35. The van der Waals surface area contributed by atoms with Crippen molar-refractivity contribution in [2.75, 3.05) is 39.8 Å². The van der Waals surface area contributed by atoms with Crippen LogP contribution in [0.2, 0.25) is 5.02 Å². The molecule has 27 heavy (non-hydrogen) atoms. The number of carbonyl (C=O) groups excluding carboxylic acids is 2. The summed E-state index contributed by atoms with van der Waals surface area (Å²) >= 11 is 6.06. The van der Waals surface area contributed by atoms with Gasteiger partial charge in [0.05, 0.1) is 42.7 Å². The quantitative estimate of drug-likeness (QED) is 0.668. The summed E-state index contributed by atoms with van der Waals surface area (Å²) in [6.07, 6.45) is 2.74. The molecule has 0 atom stereocenters. The molecule has 144 valence electrons. The number of carbonyl (C=O) groups is 2. The highest BCUT2D eigenvalue weighted by atomic mass is 35.5. The summed E-state index contributed by atoms with van der Waals surface area (Å²) in [5.74, 6) is -0.0515. The van der Waals surface area contributed by atoms with Gasteiger partial charge in [-0.15, -0.1) is 0 Å². The predicted molar refractivity (Wildman–Crippen MR) is 101 cm³/mol.